The van der Waals surface area contributed by atoms with Gasteiger partial charge in [0.1, 0.15) is 12.6 Å². The lowest BCUT2D eigenvalue weighted by molar-refractivity contribution is -0.148. The molecule has 2 aliphatic heterocycles. The molecule has 182 valence electrons. The predicted molar refractivity (Wildman–Crippen MR) is 131 cm³/mol. The molecule has 0 aromatic heterocycles. The van der Waals surface area contributed by atoms with Gasteiger partial charge in [0.15, 0.2) is 0 Å². The molecule has 4 unspecified atom stereocenters. The van der Waals surface area contributed by atoms with E-state index in [-0.39, 0.29) is 30.4 Å². The Morgan fingerprint density at radius 3 is 2.29 bits per heavy atom. The van der Waals surface area contributed by atoms with Gasteiger partial charge in [-0.25, -0.2) is 4.79 Å². The van der Waals surface area contributed by atoms with Crippen molar-refractivity contribution in [3.05, 3.63) is 71.3 Å². The van der Waals surface area contributed by atoms with Gasteiger partial charge in [0.2, 0.25) is 5.91 Å². The lowest BCUT2D eigenvalue weighted by Gasteiger charge is -2.34. The van der Waals surface area contributed by atoms with Gasteiger partial charge in [-0.3, -0.25) is 9.59 Å². The van der Waals surface area contributed by atoms with Crippen molar-refractivity contribution in [3.8, 4) is 11.1 Å². The van der Waals surface area contributed by atoms with Crippen molar-refractivity contribution in [3.63, 3.8) is 0 Å². The third-order valence-corrected chi connectivity index (χ3v) is 7.56. The summed E-state index contributed by atoms with van der Waals surface area (Å²) >= 11 is 0. The van der Waals surface area contributed by atoms with Crippen LogP contribution in [0.4, 0.5) is 4.79 Å². The Hall–Kier alpha value is -3.61. The van der Waals surface area contributed by atoms with Crippen LogP contribution in [0, 0.1) is 11.8 Å². The number of fused-ring (bicyclic) bond motifs is 4. The quantitative estimate of drug-likeness (QED) is 0.587. The Balaban J connectivity index is 1.27. The van der Waals surface area contributed by atoms with E-state index in [1.54, 1.807) is 4.90 Å². The molecule has 2 amide bonds. The van der Waals surface area contributed by atoms with Gasteiger partial charge in [0.25, 0.3) is 0 Å². The molecule has 2 saturated heterocycles. The zero-order chi connectivity index (χ0) is 24.7. The van der Waals surface area contributed by atoms with Crippen LogP contribution in [0.2, 0.25) is 0 Å². The molecule has 1 saturated carbocycles. The summed E-state index contributed by atoms with van der Waals surface area (Å²) in [6.07, 6.45) is 2.30. The van der Waals surface area contributed by atoms with Gasteiger partial charge in [-0.1, -0.05) is 60.2 Å². The Kier molecular flexibility index (Phi) is 6.09. The number of alkyl carbamates (subject to hydrolysis) is 1. The summed E-state index contributed by atoms with van der Waals surface area (Å²) in [5, 5.41) is 12.2. The van der Waals surface area contributed by atoms with Crippen molar-refractivity contribution in [2.24, 2.45) is 11.8 Å². The van der Waals surface area contributed by atoms with Gasteiger partial charge in [0.05, 0.1) is 5.92 Å². The van der Waals surface area contributed by atoms with Crippen LogP contribution in [-0.2, 0) is 14.3 Å². The number of benzene rings is 2. The van der Waals surface area contributed by atoms with E-state index >= 15 is 0 Å². The fourth-order valence-corrected chi connectivity index (χ4v) is 5.80. The Bertz CT molecular complexity index is 1160. The number of amides is 2. The number of allylic oxidation sites excluding steroid dienone is 1. The highest BCUT2D eigenvalue weighted by Crippen LogP contribution is 2.47. The van der Waals surface area contributed by atoms with Gasteiger partial charge in [-0.15, -0.1) is 0 Å². The third kappa shape index (κ3) is 4.20. The number of aliphatic carboxylic acids is 1. The standard InChI is InChI=1S/C28H30N2O5/c1-16(2)11-12-23(26(31)30-14-17-13-24(30)25(17)27(32)33)29-28(34)35-15-22-20-9-5-3-7-18(20)19-8-4-6-10-21(19)22/h3-11,17,22-25H,12-15H2,1-2H3,(H,29,34)(H,32,33). The van der Waals surface area contributed by atoms with Crippen molar-refractivity contribution >= 4 is 18.0 Å². The molecule has 3 fully saturated rings. The summed E-state index contributed by atoms with van der Waals surface area (Å²) < 4.78 is 5.65. The zero-order valence-corrected chi connectivity index (χ0v) is 19.9. The first kappa shape index (κ1) is 23.1. The van der Waals surface area contributed by atoms with Gasteiger partial charge in [-0.05, 0) is 54.9 Å². The summed E-state index contributed by atoms with van der Waals surface area (Å²) in [6.45, 7) is 4.46. The topological polar surface area (TPSA) is 95.9 Å². The number of hydrogen-bond acceptors (Lipinski definition) is 4. The molecule has 7 heteroatoms. The number of hydrogen-bond donors (Lipinski definition) is 2. The van der Waals surface area contributed by atoms with Crippen LogP contribution in [0.25, 0.3) is 11.1 Å². The molecule has 0 radical (unpaired) electrons. The second-order valence-corrected chi connectivity index (χ2v) is 9.96. The maximum Gasteiger partial charge on any atom is 0.407 e. The van der Waals surface area contributed by atoms with Crippen molar-refractivity contribution in [1.29, 1.82) is 0 Å². The number of nitrogens with one attached hydrogen (secondary N) is 1. The molecule has 4 aliphatic rings. The monoisotopic (exact) mass is 474 g/mol. The molecule has 6 rings (SSSR count). The summed E-state index contributed by atoms with van der Waals surface area (Å²) in [6, 6.07) is 15.2. The smallest absolute Gasteiger partial charge is 0.407 e. The lowest BCUT2D eigenvalue weighted by Crippen LogP contribution is -2.51. The molecule has 2 heterocycles. The maximum atomic E-state index is 13.3. The van der Waals surface area contributed by atoms with Crippen molar-refractivity contribution in [2.75, 3.05) is 13.2 Å². The minimum atomic E-state index is -0.855. The highest BCUT2D eigenvalue weighted by atomic mass is 16.5. The van der Waals surface area contributed by atoms with E-state index in [1.807, 2.05) is 44.2 Å². The first-order valence-electron chi connectivity index (χ1n) is 12.1. The van der Waals surface area contributed by atoms with E-state index in [2.05, 4.69) is 29.6 Å². The minimum Gasteiger partial charge on any atom is -0.481 e. The molecular weight excluding hydrogens is 444 g/mol. The number of nitrogens with zero attached hydrogens (tertiary/aromatic N) is 1. The van der Waals surface area contributed by atoms with Crippen LogP contribution in [0.5, 0.6) is 0 Å². The van der Waals surface area contributed by atoms with Crippen LogP contribution >= 0.6 is 0 Å². The number of carboxylic acids is 1. The molecule has 2 bridgehead atoms. The molecule has 2 aromatic carbocycles. The van der Waals surface area contributed by atoms with Crippen molar-refractivity contribution in [2.45, 2.75) is 44.7 Å². The summed E-state index contributed by atoms with van der Waals surface area (Å²) in [5.41, 5.74) is 5.57. The number of carbonyl (C=O) groups is 3. The Morgan fingerprint density at radius 2 is 1.71 bits per heavy atom. The van der Waals surface area contributed by atoms with E-state index in [1.165, 1.54) is 0 Å². The average Bonchev–Trinajstić information content (AvgIpc) is 3.50. The molecule has 0 spiro atoms. The highest BCUT2D eigenvalue weighted by Gasteiger charge is 2.57. The van der Waals surface area contributed by atoms with Crippen LogP contribution < -0.4 is 5.32 Å². The molecule has 35 heavy (non-hydrogen) atoms. The van der Waals surface area contributed by atoms with E-state index in [0.717, 1.165) is 27.8 Å². The van der Waals surface area contributed by atoms with Crippen LogP contribution in [0.15, 0.2) is 60.2 Å². The maximum absolute atomic E-state index is 13.3. The third-order valence-electron chi connectivity index (χ3n) is 7.56. The summed E-state index contributed by atoms with van der Waals surface area (Å²) in [7, 11) is 0. The first-order valence-corrected chi connectivity index (χ1v) is 12.1. The molecule has 2 aliphatic carbocycles. The largest absolute Gasteiger partial charge is 0.481 e. The second kappa shape index (κ2) is 9.21. The Morgan fingerprint density at radius 1 is 1.09 bits per heavy atom. The summed E-state index contributed by atoms with van der Waals surface area (Å²) in [5.74, 6) is -1.67. The number of ether oxygens (including phenoxy) is 1. The predicted octanol–water partition coefficient (Wildman–Crippen LogP) is 4.18. The van der Waals surface area contributed by atoms with Gasteiger partial charge < -0.3 is 20.1 Å². The fourth-order valence-electron chi connectivity index (χ4n) is 5.80. The van der Waals surface area contributed by atoms with Crippen molar-refractivity contribution < 1.29 is 24.2 Å². The lowest BCUT2D eigenvalue weighted by atomic mass is 9.74. The SMILES string of the molecule is CC(C)=CCC(NC(=O)OCC1c2ccccc2-c2ccccc21)C(=O)N1CC2CC1C2C(=O)O. The number of carbonyl (C=O) groups excluding carboxylic acids is 2. The van der Waals surface area contributed by atoms with E-state index in [4.69, 9.17) is 4.74 Å². The van der Waals surface area contributed by atoms with E-state index in [9.17, 15) is 19.5 Å². The first-order chi connectivity index (χ1) is 16.8. The van der Waals surface area contributed by atoms with Crippen LogP contribution in [-0.4, -0.2) is 53.2 Å². The minimum absolute atomic E-state index is 0.00000733. The molecule has 2 N–H and O–H groups in total. The van der Waals surface area contributed by atoms with Crippen molar-refractivity contribution in [1.82, 2.24) is 10.2 Å². The van der Waals surface area contributed by atoms with E-state index < -0.39 is 24.0 Å². The van der Waals surface area contributed by atoms with Crippen LogP contribution in [0.3, 0.4) is 0 Å². The van der Waals surface area contributed by atoms with Gasteiger partial charge in [-0.2, -0.15) is 0 Å². The fraction of sp³-hybridized carbons (Fsp3) is 0.393. The normalized spacial score (nSPS) is 22.5. The number of carboxylic acid groups (broad SMARTS) is 1. The zero-order valence-electron chi connectivity index (χ0n) is 19.9. The number of rotatable bonds is 7. The molecule has 7 nitrogen and oxygen atoms in total. The summed E-state index contributed by atoms with van der Waals surface area (Å²) in [4.78, 5) is 39.3. The molecule has 4 atom stereocenters. The van der Waals surface area contributed by atoms with Gasteiger partial charge in [0, 0.05) is 18.5 Å². The molecular formula is C28H30N2O5. The van der Waals surface area contributed by atoms with Gasteiger partial charge >= 0.3 is 12.1 Å². The molecule has 2 aromatic rings. The van der Waals surface area contributed by atoms with E-state index in [0.29, 0.717) is 19.4 Å². The Labute approximate surface area is 204 Å². The second-order valence-electron chi connectivity index (χ2n) is 9.96. The highest BCUT2D eigenvalue weighted by molar-refractivity contribution is 5.88. The van der Waals surface area contributed by atoms with Crippen LogP contribution in [0.1, 0.15) is 43.7 Å². The average molecular weight is 475 g/mol.